The fourth-order valence-electron chi connectivity index (χ4n) is 3.11. The first-order chi connectivity index (χ1) is 16.1. The number of hydrogen-bond acceptors (Lipinski definition) is 8. The van der Waals surface area contributed by atoms with E-state index in [4.69, 9.17) is 23.5 Å². The van der Waals surface area contributed by atoms with Crippen LogP contribution in [0.3, 0.4) is 0 Å². The Hall–Kier alpha value is -4.33. The first kappa shape index (κ1) is 21.9. The molecule has 4 rings (SSSR count). The molecule has 8 heteroatoms. The molecule has 0 radical (unpaired) electrons. The zero-order chi connectivity index (χ0) is 23.2. The minimum absolute atomic E-state index is 0.161. The molecule has 8 nitrogen and oxygen atoms in total. The molecule has 33 heavy (non-hydrogen) atoms. The fourth-order valence-corrected chi connectivity index (χ4v) is 3.11. The average Bonchev–Trinajstić information content (AvgIpc) is 3.25. The molecule has 0 fully saturated rings. The van der Waals surface area contributed by atoms with Gasteiger partial charge in [0.05, 0.1) is 24.8 Å². The summed E-state index contributed by atoms with van der Waals surface area (Å²) in [6.45, 7) is 2.23. The van der Waals surface area contributed by atoms with Gasteiger partial charge in [-0.1, -0.05) is 11.2 Å². The van der Waals surface area contributed by atoms with E-state index in [0.29, 0.717) is 46.3 Å². The fraction of sp³-hybridized carbons (Fsp3) is 0.160. The van der Waals surface area contributed by atoms with Crippen LogP contribution in [-0.4, -0.2) is 30.8 Å². The van der Waals surface area contributed by atoms with Crippen molar-refractivity contribution in [3.63, 3.8) is 0 Å². The third kappa shape index (κ3) is 5.12. The second kappa shape index (κ2) is 9.86. The Bertz CT molecular complexity index is 1280. The van der Waals surface area contributed by atoms with E-state index >= 15 is 0 Å². The van der Waals surface area contributed by atoms with Crippen molar-refractivity contribution in [1.82, 2.24) is 5.16 Å². The molecule has 0 amide bonds. The van der Waals surface area contributed by atoms with E-state index < -0.39 is 5.97 Å². The highest BCUT2D eigenvalue weighted by molar-refractivity contribution is 5.92. The minimum atomic E-state index is -0.511. The Morgan fingerprint density at radius 3 is 2.42 bits per heavy atom. The number of methoxy groups -OCH3 is 1. The van der Waals surface area contributed by atoms with E-state index in [0.717, 1.165) is 5.39 Å². The maximum absolute atomic E-state index is 12.4. The number of carbonyl (C=O) groups is 2. The van der Waals surface area contributed by atoms with Gasteiger partial charge in [0, 0.05) is 11.5 Å². The van der Waals surface area contributed by atoms with Gasteiger partial charge in [0.25, 0.3) is 0 Å². The van der Waals surface area contributed by atoms with Gasteiger partial charge in [-0.3, -0.25) is 0 Å². The molecule has 0 bridgehead atoms. The van der Waals surface area contributed by atoms with Crippen LogP contribution in [0.15, 0.2) is 71.3 Å². The summed E-state index contributed by atoms with van der Waals surface area (Å²) in [6, 6.07) is 18.4. The van der Waals surface area contributed by atoms with Crippen LogP contribution in [0.2, 0.25) is 0 Å². The van der Waals surface area contributed by atoms with E-state index in [1.54, 1.807) is 73.7 Å². The summed E-state index contributed by atoms with van der Waals surface area (Å²) in [5, 5.41) is 4.79. The Kier molecular flexibility index (Phi) is 6.54. The predicted molar refractivity (Wildman–Crippen MR) is 119 cm³/mol. The van der Waals surface area contributed by atoms with Crippen molar-refractivity contribution in [2.75, 3.05) is 13.7 Å². The maximum Gasteiger partial charge on any atom is 0.343 e. The normalized spacial score (nSPS) is 10.6. The summed E-state index contributed by atoms with van der Waals surface area (Å²) < 4.78 is 26.7. The highest BCUT2D eigenvalue weighted by Gasteiger charge is 2.14. The molecule has 0 unspecified atom stereocenters. The highest BCUT2D eigenvalue weighted by atomic mass is 16.5. The lowest BCUT2D eigenvalue weighted by molar-refractivity contribution is 0.0526. The van der Waals surface area contributed by atoms with Gasteiger partial charge >= 0.3 is 11.9 Å². The first-order valence-corrected chi connectivity index (χ1v) is 10.2. The van der Waals surface area contributed by atoms with Gasteiger partial charge in [-0.2, -0.15) is 0 Å². The van der Waals surface area contributed by atoms with Crippen LogP contribution in [0, 0.1) is 0 Å². The second-order valence-electron chi connectivity index (χ2n) is 6.94. The maximum atomic E-state index is 12.4. The molecule has 0 aliphatic carbocycles. The average molecular weight is 447 g/mol. The van der Waals surface area contributed by atoms with E-state index in [-0.39, 0.29) is 12.6 Å². The van der Waals surface area contributed by atoms with Gasteiger partial charge < -0.3 is 23.5 Å². The number of carbonyl (C=O) groups excluding carboxylic acids is 2. The van der Waals surface area contributed by atoms with Crippen LogP contribution >= 0.6 is 0 Å². The van der Waals surface area contributed by atoms with E-state index in [1.165, 1.54) is 7.11 Å². The molecular weight excluding hydrogens is 426 g/mol. The first-order valence-electron chi connectivity index (χ1n) is 10.2. The van der Waals surface area contributed by atoms with Gasteiger partial charge in [0.2, 0.25) is 0 Å². The number of esters is 2. The van der Waals surface area contributed by atoms with E-state index in [1.807, 2.05) is 0 Å². The van der Waals surface area contributed by atoms with Crippen LogP contribution in [0.5, 0.6) is 17.2 Å². The quantitative estimate of drug-likeness (QED) is 0.280. The van der Waals surface area contributed by atoms with Gasteiger partial charge in [-0.15, -0.1) is 0 Å². The summed E-state index contributed by atoms with van der Waals surface area (Å²) in [7, 11) is 1.53. The van der Waals surface area contributed by atoms with Crippen molar-refractivity contribution in [2.24, 2.45) is 0 Å². The largest absolute Gasteiger partial charge is 0.497 e. The van der Waals surface area contributed by atoms with Crippen molar-refractivity contribution in [2.45, 2.75) is 13.5 Å². The van der Waals surface area contributed by atoms with Crippen molar-refractivity contribution >= 4 is 22.9 Å². The standard InChI is InChI=1S/C25H21NO7/c1-3-30-24(27)16-7-9-18(10-8-16)31-15-22-21-12-11-20(14-23(21)33-26-22)32-25(28)17-5-4-6-19(13-17)29-2/h4-14H,3,15H2,1-2H3. The molecule has 0 N–H and O–H groups in total. The molecule has 0 saturated heterocycles. The number of rotatable bonds is 8. The van der Waals surface area contributed by atoms with Crippen molar-refractivity contribution in [3.05, 3.63) is 83.6 Å². The molecule has 0 aliphatic heterocycles. The summed E-state index contributed by atoms with van der Waals surface area (Å²) >= 11 is 0. The molecule has 4 aromatic rings. The Labute approximate surface area is 189 Å². The summed E-state index contributed by atoms with van der Waals surface area (Å²) in [6.07, 6.45) is 0. The SMILES string of the molecule is CCOC(=O)c1ccc(OCc2noc3cc(OC(=O)c4cccc(OC)c4)ccc23)cc1. The Morgan fingerprint density at radius 1 is 0.879 bits per heavy atom. The molecule has 0 saturated carbocycles. The minimum Gasteiger partial charge on any atom is -0.497 e. The second-order valence-corrected chi connectivity index (χ2v) is 6.94. The smallest absolute Gasteiger partial charge is 0.343 e. The van der Waals surface area contributed by atoms with E-state index in [9.17, 15) is 9.59 Å². The number of benzene rings is 3. The number of fused-ring (bicyclic) bond motifs is 1. The molecule has 1 heterocycles. The topological polar surface area (TPSA) is 97.1 Å². The monoisotopic (exact) mass is 447 g/mol. The molecular formula is C25H21NO7. The van der Waals surface area contributed by atoms with Crippen LogP contribution in [-0.2, 0) is 11.3 Å². The van der Waals surface area contributed by atoms with Crippen LogP contribution in [0.4, 0.5) is 0 Å². The summed E-state index contributed by atoms with van der Waals surface area (Å²) in [4.78, 5) is 24.1. The molecule has 3 aromatic carbocycles. The lowest BCUT2D eigenvalue weighted by Crippen LogP contribution is -2.08. The molecule has 0 spiro atoms. The van der Waals surface area contributed by atoms with Crippen LogP contribution < -0.4 is 14.2 Å². The number of ether oxygens (including phenoxy) is 4. The van der Waals surface area contributed by atoms with Gasteiger partial charge in [-0.25, -0.2) is 9.59 Å². The molecule has 0 aliphatic rings. The van der Waals surface area contributed by atoms with E-state index in [2.05, 4.69) is 5.16 Å². The van der Waals surface area contributed by atoms with Crippen molar-refractivity contribution in [3.8, 4) is 17.2 Å². The molecule has 0 atom stereocenters. The van der Waals surface area contributed by atoms with Gasteiger partial charge in [0.15, 0.2) is 5.58 Å². The third-order valence-corrected chi connectivity index (χ3v) is 4.78. The number of nitrogens with zero attached hydrogens (tertiary/aromatic N) is 1. The lowest BCUT2D eigenvalue weighted by atomic mass is 10.2. The Morgan fingerprint density at radius 2 is 1.67 bits per heavy atom. The zero-order valence-corrected chi connectivity index (χ0v) is 18.1. The van der Waals surface area contributed by atoms with Gasteiger partial charge in [-0.05, 0) is 61.5 Å². The van der Waals surface area contributed by atoms with Crippen molar-refractivity contribution < 1.29 is 33.1 Å². The zero-order valence-electron chi connectivity index (χ0n) is 18.1. The lowest BCUT2D eigenvalue weighted by Gasteiger charge is -2.06. The molecule has 168 valence electrons. The van der Waals surface area contributed by atoms with Crippen molar-refractivity contribution in [1.29, 1.82) is 0 Å². The summed E-state index contributed by atoms with van der Waals surface area (Å²) in [5.74, 6) is 0.573. The van der Waals surface area contributed by atoms with Gasteiger partial charge in [0.1, 0.15) is 29.5 Å². The van der Waals surface area contributed by atoms with Crippen LogP contribution in [0.25, 0.3) is 11.0 Å². The molecule has 1 aromatic heterocycles. The van der Waals surface area contributed by atoms with Crippen LogP contribution in [0.1, 0.15) is 33.3 Å². The third-order valence-electron chi connectivity index (χ3n) is 4.78. The number of aromatic nitrogens is 1. The highest BCUT2D eigenvalue weighted by Crippen LogP contribution is 2.26. The predicted octanol–water partition coefficient (Wildman–Crippen LogP) is 4.81. The number of hydrogen-bond donors (Lipinski definition) is 0. The Balaban J connectivity index is 1.41. The summed E-state index contributed by atoms with van der Waals surface area (Å²) in [5.41, 5.74) is 1.87.